The fraction of sp³-hybridized carbons (Fsp3) is 0.289. The second kappa shape index (κ2) is 18.3. The third-order valence-electron chi connectivity index (χ3n) is 7.92. The molecule has 2 amide bonds. The highest BCUT2D eigenvalue weighted by Crippen LogP contribution is 2.40. The van der Waals surface area contributed by atoms with Crippen molar-refractivity contribution in [1.82, 2.24) is 10.6 Å². The Morgan fingerprint density at radius 1 is 0.646 bits per heavy atom. The SMILES string of the molecule is COC(CCC(NC(=O)C(CCOC(c1ccccc1)(c1ccccc1)c1ccccc1)NC(=O)OCc1ccccc1)C(=O)O)OC. The maximum absolute atomic E-state index is 13.7. The summed E-state index contributed by atoms with van der Waals surface area (Å²) < 4.78 is 22.6. The van der Waals surface area contributed by atoms with Crippen molar-refractivity contribution in [2.75, 3.05) is 20.8 Å². The van der Waals surface area contributed by atoms with E-state index in [1.165, 1.54) is 14.2 Å². The highest BCUT2D eigenvalue weighted by Gasteiger charge is 2.38. The number of aliphatic carboxylic acids is 1. The topological polar surface area (TPSA) is 132 Å². The first-order valence-electron chi connectivity index (χ1n) is 15.7. The van der Waals surface area contributed by atoms with Gasteiger partial charge >= 0.3 is 12.1 Å². The zero-order chi connectivity index (χ0) is 34.2. The van der Waals surface area contributed by atoms with Crippen molar-refractivity contribution < 1.29 is 38.4 Å². The van der Waals surface area contributed by atoms with E-state index in [4.69, 9.17) is 18.9 Å². The van der Waals surface area contributed by atoms with Gasteiger partial charge < -0.3 is 34.7 Å². The smallest absolute Gasteiger partial charge is 0.408 e. The van der Waals surface area contributed by atoms with Crippen LogP contribution in [0.15, 0.2) is 121 Å². The molecular weight excluding hydrogens is 612 g/mol. The van der Waals surface area contributed by atoms with E-state index in [1.807, 2.05) is 121 Å². The van der Waals surface area contributed by atoms with E-state index in [1.54, 1.807) is 0 Å². The van der Waals surface area contributed by atoms with Crippen molar-refractivity contribution in [2.24, 2.45) is 0 Å². The van der Waals surface area contributed by atoms with Crippen LogP contribution in [0.3, 0.4) is 0 Å². The summed E-state index contributed by atoms with van der Waals surface area (Å²) >= 11 is 0. The second-order valence-electron chi connectivity index (χ2n) is 11.1. The maximum Gasteiger partial charge on any atom is 0.408 e. The van der Waals surface area contributed by atoms with Crippen molar-refractivity contribution in [1.29, 1.82) is 0 Å². The Labute approximate surface area is 281 Å². The highest BCUT2D eigenvalue weighted by atomic mass is 16.7. The molecule has 0 aliphatic heterocycles. The summed E-state index contributed by atoms with van der Waals surface area (Å²) in [6, 6.07) is 36.0. The summed E-state index contributed by atoms with van der Waals surface area (Å²) in [7, 11) is 2.90. The van der Waals surface area contributed by atoms with Crippen LogP contribution < -0.4 is 10.6 Å². The summed E-state index contributed by atoms with van der Waals surface area (Å²) in [5, 5.41) is 15.1. The van der Waals surface area contributed by atoms with Crippen LogP contribution in [0.2, 0.25) is 0 Å². The van der Waals surface area contributed by atoms with E-state index >= 15 is 0 Å². The molecule has 2 unspecified atom stereocenters. The van der Waals surface area contributed by atoms with Gasteiger partial charge in [0.05, 0.1) is 6.61 Å². The zero-order valence-corrected chi connectivity index (χ0v) is 27.1. The van der Waals surface area contributed by atoms with Crippen molar-refractivity contribution in [3.63, 3.8) is 0 Å². The van der Waals surface area contributed by atoms with Gasteiger partial charge in [0.25, 0.3) is 0 Å². The average molecular weight is 655 g/mol. The van der Waals surface area contributed by atoms with Crippen molar-refractivity contribution in [3.05, 3.63) is 144 Å². The lowest BCUT2D eigenvalue weighted by molar-refractivity contribution is -0.144. The van der Waals surface area contributed by atoms with E-state index in [2.05, 4.69) is 10.6 Å². The van der Waals surface area contributed by atoms with Crippen molar-refractivity contribution in [2.45, 2.75) is 49.8 Å². The number of rotatable bonds is 18. The number of benzene rings is 4. The third-order valence-corrected chi connectivity index (χ3v) is 7.92. The molecule has 4 aromatic carbocycles. The Balaban J connectivity index is 1.59. The molecule has 10 heteroatoms. The number of hydrogen-bond donors (Lipinski definition) is 3. The third kappa shape index (κ3) is 9.74. The summed E-state index contributed by atoms with van der Waals surface area (Å²) in [5.74, 6) is -1.93. The van der Waals surface area contributed by atoms with Gasteiger partial charge in [-0.25, -0.2) is 9.59 Å². The molecule has 0 fully saturated rings. The molecule has 4 aromatic rings. The number of nitrogens with one attached hydrogen (secondary N) is 2. The molecular formula is C38H42N2O8. The Bertz CT molecular complexity index is 1450. The number of carbonyl (C=O) groups is 3. The normalized spacial score (nSPS) is 12.6. The molecule has 3 N–H and O–H groups in total. The van der Waals surface area contributed by atoms with E-state index < -0.39 is 41.9 Å². The molecule has 48 heavy (non-hydrogen) atoms. The maximum atomic E-state index is 13.7. The minimum Gasteiger partial charge on any atom is -0.480 e. The monoisotopic (exact) mass is 654 g/mol. The number of methoxy groups -OCH3 is 2. The average Bonchev–Trinajstić information content (AvgIpc) is 3.13. The van der Waals surface area contributed by atoms with Gasteiger partial charge in [-0.05, 0) is 28.7 Å². The van der Waals surface area contributed by atoms with Crippen LogP contribution in [0, 0.1) is 0 Å². The van der Waals surface area contributed by atoms with Crippen LogP contribution in [-0.2, 0) is 40.7 Å². The molecule has 0 aliphatic carbocycles. The van der Waals surface area contributed by atoms with E-state index in [-0.39, 0.29) is 32.5 Å². The summed E-state index contributed by atoms with van der Waals surface area (Å²) in [6.45, 7) is -0.00723. The zero-order valence-electron chi connectivity index (χ0n) is 27.1. The number of carboxylic acids is 1. The standard InChI is InChI=1S/C38H42N2O8/c1-45-34(46-2)24-23-33(36(42)43)39-35(41)32(40-37(44)47-27-28-15-7-3-8-16-28)25-26-48-38(29-17-9-4-10-18-29,30-19-11-5-12-20-30)31-21-13-6-14-22-31/h3-22,32-34H,23-27H2,1-2H3,(H,39,41)(H,40,44)(H,42,43). The fourth-order valence-corrected chi connectivity index (χ4v) is 5.44. The Hall–Kier alpha value is -5.03. The van der Waals surface area contributed by atoms with Gasteiger partial charge in [0.15, 0.2) is 6.29 Å². The predicted octanol–water partition coefficient (Wildman–Crippen LogP) is 5.65. The van der Waals surface area contributed by atoms with Crippen LogP contribution in [-0.4, -0.2) is 62.3 Å². The van der Waals surface area contributed by atoms with E-state index in [9.17, 15) is 19.5 Å². The lowest BCUT2D eigenvalue weighted by Gasteiger charge is -2.36. The minimum absolute atomic E-state index is 0.00287. The minimum atomic E-state index is -1.26. The number of carbonyl (C=O) groups excluding carboxylic acids is 2. The van der Waals surface area contributed by atoms with Crippen LogP contribution in [0.25, 0.3) is 0 Å². The van der Waals surface area contributed by atoms with Gasteiger partial charge in [0.2, 0.25) is 5.91 Å². The summed E-state index contributed by atoms with van der Waals surface area (Å²) in [6.07, 6.45) is -1.20. The fourth-order valence-electron chi connectivity index (χ4n) is 5.44. The Morgan fingerprint density at radius 2 is 1.12 bits per heavy atom. The van der Waals surface area contributed by atoms with Crippen LogP contribution in [0.1, 0.15) is 41.5 Å². The Kier molecular flexibility index (Phi) is 13.7. The first-order chi connectivity index (χ1) is 23.4. The molecule has 4 rings (SSSR count). The van der Waals surface area contributed by atoms with Gasteiger partial charge in [0, 0.05) is 27.1 Å². The van der Waals surface area contributed by atoms with Gasteiger partial charge in [-0.1, -0.05) is 121 Å². The Morgan fingerprint density at radius 3 is 1.58 bits per heavy atom. The van der Waals surface area contributed by atoms with Gasteiger partial charge in [0.1, 0.15) is 24.3 Å². The van der Waals surface area contributed by atoms with Crippen molar-refractivity contribution in [3.8, 4) is 0 Å². The molecule has 0 aliphatic rings. The van der Waals surface area contributed by atoms with E-state index in [0.29, 0.717) is 0 Å². The predicted molar refractivity (Wildman–Crippen MR) is 180 cm³/mol. The molecule has 0 heterocycles. The lowest BCUT2D eigenvalue weighted by atomic mass is 9.80. The molecule has 0 saturated heterocycles. The van der Waals surface area contributed by atoms with E-state index in [0.717, 1.165) is 22.3 Å². The second-order valence-corrected chi connectivity index (χ2v) is 11.1. The molecule has 10 nitrogen and oxygen atoms in total. The quantitative estimate of drug-likeness (QED) is 0.0927. The number of amides is 2. The molecule has 0 aromatic heterocycles. The van der Waals surface area contributed by atoms with Crippen LogP contribution in [0.4, 0.5) is 4.79 Å². The summed E-state index contributed by atoms with van der Waals surface area (Å²) in [4.78, 5) is 38.7. The summed E-state index contributed by atoms with van der Waals surface area (Å²) in [5.41, 5.74) is 2.32. The first kappa shape index (κ1) is 35.8. The molecule has 2 atom stereocenters. The first-order valence-corrected chi connectivity index (χ1v) is 15.7. The molecule has 0 radical (unpaired) electrons. The van der Waals surface area contributed by atoms with Crippen LogP contribution in [0.5, 0.6) is 0 Å². The molecule has 0 bridgehead atoms. The molecule has 0 saturated carbocycles. The molecule has 0 spiro atoms. The number of carboxylic acid groups (broad SMARTS) is 1. The molecule has 252 valence electrons. The van der Waals surface area contributed by atoms with Gasteiger partial charge in [-0.2, -0.15) is 0 Å². The van der Waals surface area contributed by atoms with Gasteiger partial charge in [-0.3, -0.25) is 4.79 Å². The van der Waals surface area contributed by atoms with Crippen molar-refractivity contribution >= 4 is 18.0 Å². The number of ether oxygens (including phenoxy) is 4. The largest absolute Gasteiger partial charge is 0.480 e. The highest BCUT2D eigenvalue weighted by molar-refractivity contribution is 5.89. The van der Waals surface area contributed by atoms with Gasteiger partial charge in [-0.15, -0.1) is 0 Å². The number of hydrogen-bond acceptors (Lipinski definition) is 7. The number of alkyl carbamates (subject to hydrolysis) is 1. The van der Waals surface area contributed by atoms with Crippen LogP contribution >= 0.6 is 0 Å². The lowest BCUT2D eigenvalue weighted by Crippen LogP contribution is -2.52.